The number of benzene rings is 2. The molecule has 1 unspecified atom stereocenters. The molecule has 0 aliphatic carbocycles. The van der Waals surface area contributed by atoms with E-state index in [-0.39, 0.29) is 5.97 Å². The summed E-state index contributed by atoms with van der Waals surface area (Å²) in [4.78, 5) is 20.2. The van der Waals surface area contributed by atoms with E-state index in [1.54, 1.807) is 6.21 Å². The van der Waals surface area contributed by atoms with E-state index in [1.807, 2.05) is 49.4 Å². The third-order valence-corrected chi connectivity index (χ3v) is 4.77. The molecule has 4 rings (SSSR count). The number of ether oxygens (including phenoxy) is 2. The standard InChI is InChI=1S/C22H22N2O3/c1-2-26-22(25)18-13-23-12-11-17-16-9-6-10-19(21(16)24-20(17)18)27-14-15-7-4-3-5-8-15/h3-10,13,18,24H,2,11-12,14H2,1H3. The number of esters is 1. The van der Waals surface area contributed by atoms with Crippen molar-refractivity contribution in [3.8, 4) is 5.75 Å². The summed E-state index contributed by atoms with van der Waals surface area (Å²) >= 11 is 0. The second kappa shape index (κ2) is 7.66. The Labute approximate surface area is 158 Å². The number of aromatic amines is 1. The van der Waals surface area contributed by atoms with E-state index < -0.39 is 5.92 Å². The van der Waals surface area contributed by atoms with Crippen LogP contribution in [0.1, 0.15) is 29.7 Å². The first kappa shape index (κ1) is 17.3. The van der Waals surface area contributed by atoms with Crippen LogP contribution < -0.4 is 4.74 Å². The molecule has 5 heteroatoms. The van der Waals surface area contributed by atoms with Crippen molar-refractivity contribution in [2.45, 2.75) is 25.9 Å². The number of H-pyrrole nitrogens is 1. The molecule has 0 radical (unpaired) electrons. The lowest BCUT2D eigenvalue weighted by Crippen LogP contribution is -2.18. The molecule has 2 aromatic carbocycles. The summed E-state index contributed by atoms with van der Waals surface area (Å²) < 4.78 is 11.3. The molecule has 0 spiro atoms. The number of rotatable bonds is 5. The molecular weight excluding hydrogens is 340 g/mol. The van der Waals surface area contributed by atoms with E-state index in [9.17, 15) is 4.79 Å². The molecule has 1 atom stereocenters. The lowest BCUT2D eigenvalue weighted by molar-refractivity contribution is -0.143. The van der Waals surface area contributed by atoms with Crippen molar-refractivity contribution in [2.75, 3.05) is 13.2 Å². The third-order valence-electron chi connectivity index (χ3n) is 4.77. The van der Waals surface area contributed by atoms with Crippen LogP contribution in [0, 0.1) is 0 Å². The first-order chi connectivity index (χ1) is 13.3. The zero-order valence-electron chi connectivity index (χ0n) is 15.3. The Morgan fingerprint density at radius 2 is 2.04 bits per heavy atom. The normalized spacial score (nSPS) is 16.0. The third kappa shape index (κ3) is 3.45. The van der Waals surface area contributed by atoms with Crippen LogP contribution in [0.5, 0.6) is 5.75 Å². The van der Waals surface area contributed by atoms with Gasteiger partial charge in [0.1, 0.15) is 18.3 Å². The number of carbonyl (C=O) groups excluding carboxylic acids is 1. The van der Waals surface area contributed by atoms with Gasteiger partial charge in [0.25, 0.3) is 0 Å². The van der Waals surface area contributed by atoms with Gasteiger partial charge < -0.3 is 14.5 Å². The van der Waals surface area contributed by atoms with E-state index in [4.69, 9.17) is 9.47 Å². The quantitative estimate of drug-likeness (QED) is 0.697. The molecule has 0 saturated heterocycles. The fourth-order valence-electron chi connectivity index (χ4n) is 3.50. The first-order valence-corrected chi connectivity index (χ1v) is 9.24. The minimum absolute atomic E-state index is 0.275. The van der Waals surface area contributed by atoms with Gasteiger partial charge in [0.15, 0.2) is 0 Å². The van der Waals surface area contributed by atoms with Gasteiger partial charge in [0.05, 0.1) is 12.1 Å². The first-order valence-electron chi connectivity index (χ1n) is 9.24. The van der Waals surface area contributed by atoms with Crippen LogP contribution >= 0.6 is 0 Å². The van der Waals surface area contributed by atoms with Crippen LogP contribution in [0.25, 0.3) is 10.9 Å². The van der Waals surface area contributed by atoms with Crippen molar-refractivity contribution in [3.63, 3.8) is 0 Å². The lowest BCUT2D eigenvalue weighted by atomic mass is 10.00. The molecule has 2 heterocycles. The summed E-state index contributed by atoms with van der Waals surface area (Å²) in [6.07, 6.45) is 2.48. The summed E-state index contributed by atoms with van der Waals surface area (Å²) in [6.45, 7) is 3.31. The largest absolute Gasteiger partial charge is 0.487 e. The van der Waals surface area contributed by atoms with Gasteiger partial charge in [0.2, 0.25) is 0 Å². The van der Waals surface area contributed by atoms with Crippen LogP contribution in [-0.2, 0) is 22.6 Å². The highest BCUT2D eigenvalue weighted by Crippen LogP contribution is 2.35. The van der Waals surface area contributed by atoms with Crippen LogP contribution in [0.15, 0.2) is 53.5 Å². The maximum atomic E-state index is 12.4. The Morgan fingerprint density at radius 1 is 1.19 bits per heavy atom. The fraction of sp³-hybridized carbons (Fsp3) is 0.273. The molecule has 1 aliphatic heterocycles. The predicted molar refractivity (Wildman–Crippen MR) is 106 cm³/mol. The zero-order valence-corrected chi connectivity index (χ0v) is 15.3. The average molecular weight is 362 g/mol. The van der Waals surface area contributed by atoms with Crippen LogP contribution in [0.2, 0.25) is 0 Å². The molecule has 1 aromatic heterocycles. The van der Waals surface area contributed by atoms with Crippen molar-refractivity contribution in [2.24, 2.45) is 4.99 Å². The number of hydrogen-bond donors (Lipinski definition) is 1. The molecule has 0 saturated carbocycles. The summed E-state index contributed by atoms with van der Waals surface area (Å²) in [5.41, 5.74) is 4.01. The topological polar surface area (TPSA) is 63.7 Å². The average Bonchev–Trinajstić information content (AvgIpc) is 2.93. The monoisotopic (exact) mass is 362 g/mol. The van der Waals surface area contributed by atoms with Gasteiger partial charge >= 0.3 is 5.97 Å². The Morgan fingerprint density at radius 3 is 2.85 bits per heavy atom. The van der Waals surface area contributed by atoms with E-state index >= 15 is 0 Å². The van der Waals surface area contributed by atoms with Gasteiger partial charge in [-0.25, -0.2) is 0 Å². The highest BCUT2D eigenvalue weighted by molar-refractivity contribution is 6.00. The smallest absolute Gasteiger partial charge is 0.320 e. The lowest BCUT2D eigenvalue weighted by Gasteiger charge is -2.10. The second-order valence-corrected chi connectivity index (χ2v) is 6.51. The molecule has 0 amide bonds. The zero-order chi connectivity index (χ0) is 18.6. The number of fused-ring (bicyclic) bond motifs is 3. The molecule has 3 aromatic rings. The second-order valence-electron chi connectivity index (χ2n) is 6.51. The van der Waals surface area contributed by atoms with Crippen LogP contribution in [-0.4, -0.2) is 30.3 Å². The molecule has 5 nitrogen and oxygen atoms in total. The molecular formula is C22H22N2O3. The van der Waals surface area contributed by atoms with Gasteiger partial charge in [0, 0.05) is 23.8 Å². The van der Waals surface area contributed by atoms with E-state index in [0.29, 0.717) is 19.8 Å². The van der Waals surface area contributed by atoms with Gasteiger partial charge in [-0.05, 0) is 30.5 Å². The molecule has 138 valence electrons. The Bertz CT molecular complexity index is 976. The molecule has 27 heavy (non-hydrogen) atoms. The summed E-state index contributed by atoms with van der Waals surface area (Å²) in [6, 6.07) is 16.1. The number of aromatic nitrogens is 1. The Balaban J connectivity index is 1.71. The van der Waals surface area contributed by atoms with Gasteiger partial charge in [-0.3, -0.25) is 9.79 Å². The minimum atomic E-state index is -0.503. The molecule has 0 fully saturated rings. The number of para-hydroxylation sites is 1. The fourth-order valence-corrected chi connectivity index (χ4v) is 3.50. The van der Waals surface area contributed by atoms with Crippen molar-refractivity contribution < 1.29 is 14.3 Å². The SMILES string of the molecule is CCOC(=O)C1C=NCCc2c1[nH]c1c(OCc3ccccc3)cccc21. The van der Waals surface area contributed by atoms with E-state index in [2.05, 4.69) is 16.0 Å². The summed E-state index contributed by atoms with van der Waals surface area (Å²) in [5.74, 6) is 0.00325. The minimum Gasteiger partial charge on any atom is -0.487 e. The highest BCUT2D eigenvalue weighted by Gasteiger charge is 2.28. The number of nitrogens with zero attached hydrogens (tertiary/aromatic N) is 1. The number of hydrogen-bond acceptors (Lipinski definition) is 4. The number of aliphatic imine (C=N–C) groups is 1. The summed E-state index contributed by atoms with van der Waals surface area (Å²) in [5, 5.41) is 1.08. The van der Waals surface area contributed by atoms with Gasteiger partial charge in [-0.1, -0.05) is 42.5 Å². The molecule has 1 N–H and O–H groups in total. The molecule has 0 bridgehead atoms. The van der Waals surface area contributed by atoms with Crippen molar-refractivity contribution >= 4 is 23.1 Å². The van der Waals surface area contributed by atoms with Crippen LogP contribution in [0.3, 0.4) is 0 Å². The van der Waals surface area contributed by atoms with Gasteiger partial charge in [-0.15, -0.1) is 0 Å². The van der Waals surface area contributed by atoms with Crippen molar-refractivity contribution in [1.29, 1.82) is 0 Å². The van der Waals surface area contributed by atoms with Crippen LogP contribution in [0.4, 0.5) is 0 Å². The summed E-state index contributed by atoms with van der Waals surface area (Å²) in [7, 11) is 0. The Hall–Kier alpha value is -3.08. The van der Waals surface area contributed by atoms with Crippen molar-refractivity contribution in [3.05, 3.63) is 65.4 Å². The highest BCUT2D eigenvalue weighted by atomic mass is 16.5. The molecule has 1 aliphatic rings. The number of carbonyl (C=O) groups is 1. The van der Waals surface area contributed by atoms with E-state index in [0.717, 1.165) is 39.9 Å². The predicted octanol–water partition coefficient (Wildman–Crippen LogP) is 4.02. The maximum absolute atomic E-state index is 12.4. The maximum Gasteiger partial charge on any atom is 0.320 e. The van der Waals surface area contributed by atoms with Gasteiger partial charge in [-0.2, -0.15) is 0 Å². The van der Waals surface area contributed by atoms with E-state index in [1.165, 1.54) is 0 Å². The van der Waals surface area contributed by atoms with Crippen molar-refractivity contribution in [1.82, 2.24) is 4.98 Å². The number of nitrogens with one attached hydrogen (secondary N) is 1. The Kier molecular flexibility index (Phi) is 4.92.